The van der Waals surface area contributed by atoms with Gasteiger partial charge in [0, 0.05) is 28.9 Å². The predicted molar refractivity (Wildman–Crippen MR) is 98.3 cm³/mol. The van der Waals surface area contributed by atoms with Crippen LogP contribution in [0.15, 0.2) is 66.7 Å². The molecule has 3 aromatic rings. The Kier molecular flexibility index (Phi) is 3.69. The molecule has 3 nitrogen and oxygen atoms in total. The van der Waals surface area contributed by atoms with Gasteiger partial charge in [0.05, 0.1) is 5.56 Å². The standard InChI is InChI=1S/C22H17NO2/c1-14-6-4-7-15(12-14)13-23-19-11-5-10-18-20(19)22(25)17-9-3-2-8-16(17)21(18)24/h2-12,23H,13H2,1H3. The first-order chi connectivity index (χ1) is 12.1. The van der Waals surface area contributed by atoms with Crippen LogP contribution < -0.4 is 5.32 Å². The van der Waals surface area contributed by atoms with Crippen LogP contribution >= 0.6 is 0 Å². The van der Waals surface area contributed by atoms with Crippen LogP contribution in [0.2, 0.25) is 0 Å². The molecule has 3 heteroatoms. The monoisotopic (exact) mass is 327 g/mol. The molecule has 1 N–H and O–H groups in total. The molecule has 0 radical (unpaired) electrons. The maximum Gasteiger partial charge on any atom is 0.196 e. The van der Waals surface area contributed by atoms with Crippen molar-refractivity contribution in [3.8, 4) is 0 Å². The van der Waals surface area contributed by atoms with E-state index in [1.54, 1.807) is 30.3 Å². The van der Waals surface area contributed by atoms with Crippen molar-refractivity contribution in [3.05, 3.63) is 100 Å². The van der Waals surface area contributed by atoms with E-state index in [0.29, 0.717) is 34.5 Å². The van der Waals surface area contributed by atoms with Crippen LogP contribution in [0, 0.1) is 6.92 Å². The maximum absolute atomic E-state index is 12.9. The van der Waals surface area contributed by atoms with Gasteiger partial charge in [-0.2, -0.15) is 0 Å². The molecule has 25 heavy (non-hydrogen) atoms. The van der Waals surface area contributed by atoms with Gasteiger partial charge in [0.2, 0.25) is 0 Å². The summed E-state index contributed by atoms with van der Waals surface area (Å²) in [5.41, 5.74) is 4.92. The number of aryl methyl sites for hydroxylation is 1. The smallest absolute Gasteiger partial charge is 0.196 e. The maximum atomic E-state index is 12.9. The molecule has 0 unspecified atom stereocenters. The fraction of sp³-hybridized carbons (Fsp3) is 0.0909. The zero-order valence-corrected chi connectivity index (χ0v) is 13.9. The van der Waals surface area contributed by atoms with Crippen molar-refractivity contribution in [2.45, 2.75) is 13.5 Å². The van der Waals surface area contributed by atoms with E-state index in [2.05, 4.69) is 11.4 Å². The highest BCUT2D eigenvalue weighted by Gasteiger charge is 2.31. The average Bonchev–Trinajstić information content (AvgIpc) is 2.64. The lowest BCUT2D eigenvalue weighted by Gasteiger charge is -2.20. The summed E-state index contributed by atoms with van der Waals surface area (Å²) in [7, 11) is 0. The molecule has 0 fully saturated rings. The number of carbonyl (C=O) groups is 2. The fourth-order valence-corrected chi connectivity index (χ4v) is 3.31. The molecule has 0 atom stereocenters. The third-order valence-corrected chi connectivity index (χ3v) is 4.52. The van der Waals surface area contributed by atoms with E-state index in [4.69, 9.17) is 0 Å². The molecule has 0 bridgehead atoms. The van der Waals surface area contributed by atoms with Gasteiger partial charge >= 0.3 is 0 Å². The second kappa shape index (κ2) is 6.02. The van der Waals surface area contributed by atoms with Crippen LogP contribution in [0.25, 0.3) is 0 Å². The van der Waals surface area contributed by atoms with Gasteiger partial charge in [-0.05, 0) is 18.6 Å². The average molecular weight is 327 g/mol. The first-order valence-electron chi connectivity index (χ1n) is 8.26. The molecule has 0 spiro atoms. The van der Waals surface area contributed by atoms with Crippen LogP contribution in [0.4, 0.5) is 5.69 Å². The van der Waals surface area contributed by atoms with Crippen molar-refractivity contribution >= 4 is 17.3 Å². The third-order valence-electron chi connectivity index (χ3n) is 4.52. The van der Waals surface area contributed by atoms with Gasteiger partial charge in [0.15, 0.2) is 11.6 Å². The van der Waals surface area contributed by atoms with Crippen molar-refractivity contribution in [3.63, 3.8) is 0 Å². The van der Waals surface area contributed by atoms with E-state index in [9.17, 15) is 9.59 Å². The first kappa shape index (κ1) is 15.3. The number of fused-ring (bicyclic) bond motifs is 2. The van der Waals surface area contributed by atoms with E-state index in [0.717, 1.165) is 5.56 Å². The number of ketones is 2. The Labute approximate surface area is 146 Å². The molecule has 0 saturated heterocycles. The van der Waals surface area contributed by atoms with Crippen LogP contribution in [0.1, 0.15) is 43.0 Å². The van der Waals surface area contributed by atoms with Crippen LogP contribution in [0.5, 0.6) is 0 Å². The van der Waals surface area contributed by atoms with E-state index in [1.807, 2.05) is 37.3 Å². The summed E-state index contributed by atoms with van der Waals surface area (Å²) < 4.78 is 0. The molecule has 0 saturated carbocycles. The number of carbonyl (C=O) groups excluding carboxylic acids is 2. The Hall–Kier alpha value is -3.20. The van der Waals surface area contributed by atoms with Crippen molar-refractivity contribution in [1.82, 2.24) is 0 Å². The highest BCUT2D eigenvalue weighted by Crippen LogP contribution is 2.32. The summed E-state index contributed by atoms with van der Waals surface area (Å²) >= 11 is 0. The zero-order chi connectivity index (χ0) is 17.4. The minimum absolute atomic E-state index is 0.0931. The van der Waals surface area contributed by atoms with Gasteiger partial charge in [-0.15, -0.1) is 0 Å². The SMILES string of the molecule is Cc1cccc(CNc2cccc3c2C(=O)c2ccccc2C3=O)c1. The molecular weight excluding hydrogens is 310 g/mol. The van der Waals surface area contributed by atoms with Crippen molar-refractivity contribution in [1.29, 1.82) is 0 Å². The van der Waals surface area contributed by atoms with Gasteiger partial charge in [-0.25, -0.2) is 0 Å². The largest absolute Gasteiger partial charge is 0.380 e. The number of hydrogen-bond acceptors (Lipinski definition) is 3. The molecule has 0 aliphatic heterocycles. The molecule has 0 amide bonds. The summed E-state index contributed by atoms with van der Waals surface area (Å²) in [5, 5.41) is 3.33. The number of nitrogens with one attached hydrogen (secondary N) is 1. The molecule has 122 valence electrons. The number of hydrogen-bond donors (Lipinski definition) is 1. The highest BCUT2D eigenvalue weighted by atomic mass is 16.1. The second-order valence-electron chi connectivity index (χ2n) is 6.27. The predicted octanol–water partition coefficient (Wildman–Crippen LogP) is 4.38. The lowest BCUT2D eigenvalue weighted by molar-refractivity contribution is 0.0979. The molecule has 1 aliphatic rings. The molecule has 0 aromatic heterocycles. The molecule has 0 heterocycles. The third kappa shape index (κ3) is 2.64. The molecule has 3 aromatic carbocycles. The summed E-state index contributed by atoms with van der Waals surface area (Å²) in [6.07, 6.45) is 0. The van der Waals surface area contributed by atoms with Crippen LogP contribution in [0.3, 0.4) is 0 Å². The van der Waals surface area contributed by atoms with Crippen LogP contribution in [-0.4, -0.2) is 11.6 Å². The topological polar surface area (TPSA) is 46.2 Å². The summed E-state index contributed by atoms with van der Waals surface area (Å²) in [6.45, 7) is 2.65. The lowest BCUT2D eigenvalue weighted by Crippen LogP contribution is -2.22. The quantitative estimate of drug-likeness (QED) is 0.607. The van der Waals surface area contributed by atoms with Gasteiger partial charge in [0.1, 0.15) is 0 Å². The summed E-state index contributed by atoms with van der Waals surface area (Å²) in [6, 6.07) is 20.6. The van der Waals surface area contributed by atoms with Crippen molar-refractivity contribution < 1.29 is 9.59 Å². The Morgan fingerprint density at radius 2 is 1.44 bits per heavy atom. The minimum atomic E-state index is -0.0995. The Balaban J connectivity index is 1.72. The molecular formula is C22H17NO2. The normalized spacial score (nSPS) is 12.5. The fourth-order valence-electron chi connectivity index (χ4n) is 3.31. The Morgan fingerprint density at radius 3 is 2.20 bits per heavy atom. The summed E-state index contributed by atoms with van der Waals surface area (Å²) in [5.74, 6) is -0.193. The summed E-state index contributed by atoms with van der Waals surface area (Å²) in [4.78, 5) is 25.7. The van der Waals surface area contributed by atoms with E-state index < -0.39 is 0 Å². The van der Waals surface area contributed by atoms with Gasteiger partial charge in [-0.1, -0.05) is 66.2 Å². The number of rotatable bonds is 3. The van der Waals surface area contributed by atoms with E-state index in [1.165, 1.54) is 5.56 Å². The zero-order valence-electron chi connectivity index (χ0n) is 13.9. The lowest BCUT2D eigenvalue weighted by atomic mass is 9.83. The minimum Gasteiger partial charge on any atom is -0.380 e. The molecule has 1 aliphatic carbocycles. The van der Waals surface area contributed by atoms with Gasteiger partial charge < -0.3 is 5.32 Å². The number of anilines is 1. The van der Waals surface area contributed by atoms with Gasteiger partial charge in [0.25, 0.3) is 0 Å². The second-order valence-corrected chi connectivity index (χ2v) is 6.27. The van der Waals surface area contributed by atoms with E-state index in [-0.39, 0.29) is 11.6 Å². The highest BCUT2D eigenvalue weighted by molar-refractivity contribution is 6.30. The van der Waals surface area contributed by atoms with Crippen molar-refractivity contribution in [2.75, 3.05) is 5.32 Å². The van der Waals surface area contributed by atoms with Gasteiger partial charge in [-0.3, -0.25) is 9.59 Å². The number of benzene rings is 3. The Morgan fingerprint density at radius 1 is 0.760 bits per heavy atom. The Bertz CT molecular complexity index is 1000. The molecule has 4 rings (SSSR count). The van der Waals surface area contributed by atoms with Crippen molar-refractivity contribution in [2.24, 2.45) is 0 Å². The van der Waals surface area contributed by atoms with Crippen LogP contribution in [-0.2, 0) is 6.54 Å². The first-order valence-corrected chi connectivity index (χ1v) is 8.26. The van der Waals surface area contributed by atoms with E-state index >= 15 is 0 Å².